The number of rotatable bonds is 8. The van der Waals surface area contributed by atoms with Gasteiger partial charge >= 0.3 is 0 Å². The van der Waals surface area contributed by atoms with Gasteiger partial charge in [0.2, 0.25) is 0 Å². The molecule has 1 aliphatic heterocycles. The highest BCUT2D eigenvalue weighted by Crippen LogP contribution is 2.52. The zero-order valence-electron chi connectivity index (χ0n) is 37.2. The van der Waals surface area contributed by atoms with Crippen molar-refractivity contribution in [3.8, 4) is 90.2 Å². The Morgan fingerprint density at radius 3 is 1.54 bits per heavy atom. The molecule has 0 N–H and O–H groups in total. The molecule has 10 aromatic carbocycles. The number of furan rings is 1. The van der Waals surface area contributed by atoms with Crippen LogP contribution in [0.4, 0.5) is 17.1 Å². The summed E-state index contributed by atoms with van der Waals surface area (Å²) in [6.45, 7) is 0. The van der Waals surface area contributed by atoms with Gasteiger partial charge in [0, 0.05) is 33.2 Å². The maximum atomic E-state index is 6.70. The van der Waals surface area contributed by atoms with Crippen molar-refractivity contribution in [1.29, 1.82) is 0 Å². The minimum absolute atomic E-state index is 0.557. The van der Waals surface area contributed by atoms with Crippen LogP contribution in [0.2, 0.25) is 0 Å². The predicted octanol–water partition coefficient (Wildman–Crippen LogP) is 17.0. The molecule has 6 heteroatoms. The molecule has 0 unspecified atom stereocenters. The molecule has 13 rings (SSSR count). The van der Waals surface area contributed by atoms with Gasteiger partial charge in [-0.05, 0) is 117 Å². The number of hydrogen-bond donors (Lipinski definition) is 0. The number of ether oxygens (including phenoxy) is 1. The molecule has 0 saturated carbocycles. The predicted molar refractivity (Wildman–Crippen MR) is 280 cm³/mol. The second-order valence-corrected chi connectivity index (χ2v) is 17.2. The minimum atomic E-state index is 0.557. The minimum Gasteiger partial charge on any atom is -0.456 e. The summed E-state index contributed by atoms with van der Waals surface area (Å²) in [6.07, 6.45) is 0. The van der Waals surface area contributed by atoms with Crippen LogP contribution in [0.5, 0.6) is 11.5 Å². The van der Waals surface area contributed by atoms with Crippen LogP contribution < -0.4 is 9.64 Å². The summed E-state index contributed by atoms with van der Waals surface area (Å²) in [7, 11) is 0. The van der Waals surface area contributed by atoms with Gasteiger partial charge in [0.05, 0.1) is 11.4 Å². The van der Waals surface area contributed by atoms with Gasteiger partial charge in [-0.3, -0.25) is 0 Å². The Morgan fingerprint density at radius 2 is 0.826 bits per heavy atom. The van der Waals surface area contributed by atoms with Crippen molar-refractivity contribution in [2.45, 2.75) is 0 Å². The summed E-state index contributed by atoms with van der Waals surface area (Å²) in [6, 6.07) is 84.0. The first kappa shape index (κ1) is 39.9. The fourth-order valence-electron chi connectivity index (χ4n) is 9.56. The van der Waals surface area contributed by atoms with E-state index in [9.17, 15) is 0 Å². The molecule has 0 amide bonds. The first-order valence-corrected chi connectivity index (χ1v) is 23.1. The Hall–Kier alpha value is -9.39. The summed E-state index contributed by atoms with van der Waals surface area (Å²) in [4.78, 5) is 18.0. The molecule has 0 spiro atoms. The van der Waals surface area contributed by atoms with Crippen molar-refractivity contribution in [2.24, 2.45) is 0 Å². The standard InChI is InChI=1S/C63H40N4O2/c1-5-17-41(18-6-1)45-25-15-26-51(38-45)67-54-28-13-14-29-57(54)69-59-40-47(31-33-55(59)67)46-32-34-56-53(39-46)60-52(27-16-30-58(60)68-56)63-65-61(44-23-11-4-12-24-44)64-62(66-63)50-36-48(42-19-7-2-8-20-42)35-49(37-50)43-21-9-3-10-22-43/h1-40H. The quantitative estimate of drug-likeness (QED) is 0.151. The van der Waals surface area contributed by atoms with Crippen molar-refractivity contribution < 1.29 is 9.15 Å². The Kier molecular flexibility index (Phi) is 9.72. The number of anilines is 3. The van der Waals surface area contributed by atoms with E-state index in [0.717, 1.165) is 106 Å². The van der Waals surface area contributed by atoms with E-state index in [2.05, 4.69) is 175 Å². The van der Waals surface area contributed by atoms with Gasteiger partial charge in [-0.15, -0.1) is 0 Å². The Balaban J connectivity index is 0.941. The zero-order chi connectivity index (χ0) is 45.7. The molecular formula is C63H40N4O2. The van der Waals surface area contributed by atoms with E-state index in [1.165, 1.54) is 5.56 Å². The molecule has 1 aliphatic rings. The van der Waals surface area contributed by atoms with Crippen molar-refractivity contribution in [2.75, 3.05) is 4.90 Å². The maximum absolute atomic E-state index is 6.70. The average molecular weight is 885 g/mol. The lowest BCUT2D eigenvalue weighted by Gasteiger charge is -2.33. The van der Waals surface area contributed by atoms with Gasteiger partial charge in [0.25, 0.3) is 0 Å². The van der Waals surface area contributed by atoms with Crippen LogP contribution in [0.25, 0.3) is 101 Å². The molecule has 324 valence electrons. The highest BCUT2D eigenvalue weighted by molar-refractivity contribution is 6.13. The Morgan fingerprint density at radius 1 is 0.304 bits per heavy atom. The lowest BCUT2D eigenvalue weighted by Crippen LogP contribution is -2.15. The van der Waals surface area contributed by atoms with Crippen molar-refractivity contribution in [3.63, 3.8) is 0 Å². The SMILES string of the molecule is c1ccc(-c2cc(-c3ccccc3)cc(-c3nc(-c4ccccc4)nc(-c4cccc5oc6ccc(-c7ccc8c(c7)Oc7ccccc7N8c7cccc(-c8ccccc8)c7)cc6c45)n3)c2)cc1. The van der Waals surface area contributed by atoms with Gasteiger partial charge in [-0.1, -0.05) is 170 Å². The van der Waals surface area contributed by atoms with Crippen molar-refractivity contribution in [1.82, 2.24) is 15.0 Å². The van der Waals surface area contributed by atoms with Gasteiger partial charge in [0.15, 0.2) is 29.0 Å². The lowest BCUT2D eigenvalue weighted by atomic mass is 9.95. The molecule has 0 bridgehead atoms. The van der Waals surface area contributed by atoms with Crippen LogP contribution in [0, 0.1) is 0 Å². The summed E-state index contributed by atoms with van der Waals surface area (Å²) in [5.74, 6) is 3.29. The first-order chi connectivity index (χ1) is 34.2. The van der Waals surface area contributed by atoms with Gasteiger partial charge in [-0.25, -0.2) is 15.0 Å². The fraction of sp³-hybridized carbons (Fsp3) is 0. The summed E-state index contributed by atoms with van der Waals surface area (Å²) in [5, 5.41) is 1.89. The largest absolute Gasteiger partial charge is 0.456 e. The molecule has 2 aromatic heterocycles. The van der Waals surface area contributed by atoms with Crippen LogP contribution in [0.3, 0.4) is 0 Å². The molecule has 0 fully saturated rings. The van der Waals surface area contributed by atoms with E-state index in [-0.39, 0.29) is 0 Å². The first-order valence-electron chi connectivity index (χ1n) is 23.1. The molecule has 6 nitrogen and oxygen atoms in total. The average Bonchev–Trinajstić information content (AvgIpc) is 3.81. The fourth-order valence-corrected chi connectivity index (χ4v) is 9.56. The van der Waals surface area contributed by atoms with E-state index in [4.69, 9.17) is 24.1 Å². The summed E-state index contributed by atoms with van der Waals surface area (Å²) < 4.78 is 13.3. The molecule has 0 saturated heterocycles. The van der Waals surface area contributed by atoms with Crippen LogP contribution in [-0.4, -0.2) is 15.0 Å². The maximum Gasteiger partial charge on any atom is 0.164 e. The Labute approximate surface area is 399 Å². The molecule has 69 heavy (non-hydrogen) atoms. The molecule has 3 heterocycles. The molecule has 0 radical (unpaired) electrons. The van der Waals surface area contributed by atoms with Gasteiger partial charge in [-0.2, -0.15) is 0 Å². The Bertz CT molecular complexity index is 3810. The van der Waals surface area contributed by atoms with E-state index < -0.39 is 0 Å². The monoisotopic (exact) mass is 884 g/mol. The van der Waals surface area contributed by atoms with Gasteiger partial charge < -0.3 is 14.1 Å². The number of benzene rings is 10. The van der Waals surface area contributed by atoms with E-state index in [1.807, 2.05) is 72.8 Å². The summed E-state index contributed by atoms with van der Waals surface area (Å²) in [5.41, 5.74) is 15.9. The normalized spacial score (nSPS) is 11.9. The van der Waals surface area contributed by atoms with Crippen LogP contribution in [0.15, 0.2) is 247 Å². The molecule has 0 atom stereocenters. The van der Waals surface area contributed by atoms with Crippen LogP contribution >= 0.6 is 0 Å². The second-order valence-electron chi connectivity index (χ2n) is 17.2. The third-order valence-electron chi connectivity index (χ3n) is 12.9. The molecule has 0 aliphatic carbocycles. The van der Waals surface area contributed by atoms with Crippen LogP contribution in [0.1, 0.15) is 0 Å². The van der Waals surface area contributed by atoms with E-state index in [1.54, 1.807) is 0 Å². The number of hydrogen-bond acceptors (Lipinski definition) is 6. The third-order valence-corrected chi connectivity index (χ3v) is 12.9. The van der Waals surface area contributed by atoms with Crippen LogP contribution in [-0.2, 0) is 0 Å². The van der Waals surface area contributed by atoms with Gasteiger partial charge in [0.1, 0.15) is 11.2 Å². The number of aromatic nitrogens is 3. The number of para-hydroxylation sites is 2. The topological polar surface area (TPSA) is 64.3 Å². The molecular weight excluding hydrogens is 845 g/mol. The number of nitrogens with zero attached hydrogens (tertiary/aromatic N) is 4. The lowest BCUT2D eigenvalue weighted by molar-refractivity contribution is 0.477. The van der Waals surface area contributed by atoms with E-state index in [0.29, 0.717) is 17.5 Å². The van der Waals surface area contributed by atoms with Crippen molar-refractivity contribution in [3.05, 3.63) is 243 Å². The van der Waals surface area contributed by atoms with E-state index >= 15 is 0 Å². The summed E-state index contributed by atoms with van der Waals surface area (Å²) >= 11 is 0. The van der Waals surface area contributed by atoms with Crippen molar-refractivity contribution >= 4 is 39.0 Å². The smallest absolute Gasteiger partial charge is 0.164 e. The highest BCUT2D eigenvalue weighted by atomic mass is 16.5. The number of fused-ring (bicyclic) bond motifs is 5. The molecule has 12 aromatic rings. The second kappa shape index (κ2) is 16.8. The zero-order valence-corrected chi connectivity index (χ0v) is 37.2. The third kappa shape index (κ3) is 7.37. The highest BCUT2D eigenvalue weighted by Gasteiger charge is 2.27.